The summed E-state index contributed by atoms with van der Waals surface area (Å²) >= 11 is 0. The van der Waals surface area contributed by atoms with Gasteiger partial charge in [0.05, 0.1) is 0 Å². The number of hydrogen-bond acceptors (Lipinski definition) is 3. The molecule has 0 atom stereocenters. The molecule has 0 N–H and O–H groups in total. The molecule has 0 unspecified atom stereocenters. The van der Waals surface area contributed by atoms with Crippen molar-refractivity contribution in [3.63, 3.8) is 0 Å². The molecule has 282 valence electrons. The monoisotopic (exact) mass is 758 g/mol. The van der Waals surface area contributed by atoms with Crippen LogP contribution in [0.15, 0.2) is 235 Å². The summed E-state index contributed by atoms with van der Waals surface area (Å²) in [6.07, 6.45) is 8.12. The number of anilines is 3. The molecule has 0 fully saturated rings. The highest BCUT2D eigenvalue weighted by molar-refractivity contribution is 5.93. The van der Waals surface area contributed by atoms with Gasteiger partial charge < -0.3 is 9.32 Å². The highest BCUT2D eigenvalue weighted by Crippen LogP contribution is 2.41. The van der Waals surface area contributed by atoms with E-state index in [2.05, 4.69) is 200 Å². The van der Waals surface area contributed by atoms with Crippen LogP contribution in [0.3, 0.4) is 0 Å². The predicted octanol–water partition coefficient (Wildman–Crippen LogP) is 15.8. The number of oxazole rings is 1. The number of benzene rings is 8. The molecule has 0 saturated carbocycles. The van der Waals surface area contributed by atoms with Crippen molar-refractivity contribution in [1.29, 1.82) is 0 Å². The molecule has 0 bridgehead atoms. The molecule has 9 rings (SSSR count). The highest BCUT2D eigenvalue weighted by atomic mass is 16.3. The van der Waals surface area contributed by atoms with E-state index in [-0.39, 0.29) is 0 Å². The van der Waals surface area contributed by atoms with Crippen LogP contribution in [0.25, 0.3) is 72.6 Å². The molecule has 0 aliphatic heterocycles. The Kier molecular flexibility index (Phi) is 10.5. The first kappa shape index (κ1) is 36.9. The zero-order chi connectivity index (χ0) is 40.0. The predicted molar refractivity (Wildman–Crippen MR) is 249 cm³/mol. The Hall–Kier alpha value is -7.75. The van der Waals surface area contributed by atoms with Crippen molar-refractivity contribution in [2.24, 2.45) is 0 Å². The van der Waals surface area contributed by atoms with Crippen LogP contribution in [0.5, 0.6) is 0 Å². The first-order chi connectivity index (χ1) is 29.2. The van der Waals surface area contributed by atoms with E-state index in [0.717, 1.165) is 67.1 Å². The van der Waals surface area contributed by atoms with Crippen molar-refractivity contribution in [1.82, 2.24) is 4.98 Å². The Morgan fingerprint density at radius 2 is 0.932 bits per heavy atom. The van der Waals surface area contributed by atoms with Gasteiger partial charge in [0, 0.05) is 22.6 Å². The van der Waals surface area contributed by atoms with Gasteiger partial charge in [0.1, 0.15) is 5.52 Å². The quantitative estimate of drug-likeness (QED) is 0.123. The lowest BCUT2D eigenvalue weighted by Crippen LogP contribution is -2.09. The maximum Gasteiger partial charge on any atom is 0.227 e. The lowest BCUT2D eigenvalue weighted by molar-refractivity contribution is 0.620. The normalized spacial score (nSPS) is 11.6. The minimum absolute atomic E-state index is 0.625. The first-order valence-corrected chi connectivity index (χ1v) is 19.9. The van der Waals surface area contributed by atoms with Gasteiger partial charge in [-0.3, -0.25) is 0 Å². The zero-order valence-corrected chi connectivity index (χ0v) is 32.9. The molecule has 1 aromatic heterocycles. The molecule has 0 saturated heterocycles. The highest BCUT2D eigenvalue weighted by Gasteiger charge is 2.17. The Morgan fingerprint density at radius 3 is 1.51 bits per heavy atom. The summed E-state index contributed by atoms with van der Waals surface area (Å²) in [7, 11) is 0. The van der Waals surface area contributed by atoms with Gasteiger partial charge >= 0.3 is 0 Å². The largest absolute Gasteiger partial charge is 0.436 e. The van der Waals surface area contributed by atoms with Gasteiger partial charge in [-0.25, -0.2) is 4.98 Å². The van der Waals surface area contributed by atoms with Crippen LogP contribution in [-0.2, 0) is 0 Å². The van der Waals surface area contributed by atoms with E-state index < -0.39 is 0 Å². The maximum absolute atomic E-state index is 6.06. The van der Waals surface area contributed by atoms with Gasteiger partial charge in [-0.1, -0.05) is 170 Å². The topological polar surface area (TPSA) is 29.3 Å². The molecule has 9 aromatic rings. The molecule has 0 spiro atoms. The van der Waals surface area contributed by atoms with Crippen LogP contribution >= 0.6 is 0 Å². The Balaban J connectivity index is 1.03. The summed E-state index contributed by atoms with van der Waals surface area (Å²) in [5, 5.41) is 0. The van der Waals surface area contributed by atoms with E-state index in [1.165, 1.54) is 22.3 Å². The van der Waals surface area contributed by atoms with Gasteiger partial charge in [0.25, 0.3) is 0 Å². The molecule has 0 aliphatic rings. The van der Waals surface area contributed by atoms with Crippen molar-refractivity contribution in [3.05, 3.63) is 237 Å². The third-order valence-electron chi connectivity index (χ3n) is 10.7. The van der Waals surface area contributed by atoms with E-state index in [1.54, 1.807) is 0 Å². The van der Waals surface area contributed by atoms with Crippen molar-refractivity contribution in [3.8, 4) is 56.0 Å². The molecule has 0 aliphatic carbocycles. The average molecular weight is 759 g/mol. The molecular weight excluding hydrogens is 717 g/mol. The molecule has 0 amide bonds. The SMILES string of the molecule is C=C/C(=C\C=C/C)c1ccccc1-c1ccc(N(c2ccccc2)c2ccc(-c3ccccc3-c3ccccc3-c3ccc(-c4nc5ccccc5o4)cc3)cc2)cc1. The summed E-state index contributed by atoms with van der Waals surface area (Å²) in [6, 6.07) is 70.5. The van der Waals surface area contributed by atoms with E-state index in [4.69, 9.17) is 9.40 Å². The fraction of sp³-hybridized carbons (Fsp3) is 0.0179. The molecule has 0 radical (unpaired) electrons. The standard InChI is InChI=1S/C56H42N2O/c1-3-5-17-40(4-2)48-20-9-10-21-49(48)42-32-36-46(37-33-42)58(45-18-7-6-8-19-45)47-38-34-43(35-39-47)51-23-12-14-25-53(51)52-24-13-11-22-50(52)41-28-30-44(31-29-41)56-57-54-26-15-16-27-55(54)59-56/h3-39H,2H2,1H3/b5-3-,40-17+. The van der Waals surface area contributed by atoms with Gasteiger partial charge in [0.2, 0.25) is 5.89 Å². The Labute approximate surface area is 346 Å². The van der Waals surface area contributed by atoms with Crippen LogP contribution < -0.4 is 4.90 Å². The Bertz CT molecular complexity index is 2900. The van der Waals surface area contributed by atoms with Crippen molar-refractivity contribution in [2.75, 3.05) is 4.90 Å². The maximum atomic E-state index is 6.06. The number of fused-ring (bicyclic) bond motifs is 1. The van der Waals surface area contributed by atoms with Gasteiger partial charge in [-0.2, -0.15) is 0 Å². The number of para-hydroxylation sites is 3. The third kappa shape index (κ3) is 7.58. The Morgan fingerprint density at radius 1 is 0.475 bits per heavy atom. The number of hydrogen-bond donors (Lipinski definition) is 0. The van der Waals surface area contributed by atoms with E-state index >= 15 is 0 Å². The second-order valence-electron chi connectivity index (χ2n) is 14.3. The minimum Gasteiger partial charge on any atom is -0.436 e. The number of aromatic nitrogens is 1. The first-order valence-electron chi connectivity index (χ1n) is 19.9. The smallest absolute Gasteiger partial charge is 0.227 e. The second-order valence-corrected chi connectivity index (χ2v) is 14.3. The van der Waals surface area contributed by atoms with Crippen LogP contribution in [0.2, 0.25) is 0 Å². The van der Waals surface area contributed by atoms with Crippen LogP contribution in [-0.4, -0.2) is 4.98 Å². The van der Waals surface area contributed by atoms with E-state index in [0.29, 0.717) is 5.89 Å². The minimum atomic E-state index is 0.625. The number of rotatable bonds is 11. The summed E-state index contributed by atoms with van der Waals surface area (Å²) in [5.41, 5.74) is 17.4. The fourth-order valence-electron chi connectivity index (χ4n) is 7.79. The summed E-state index contributed by atoms with van der Waals surface area (Å²) in [6.45, 7) is 6.12. The average Bonchev–Trinajstić information content (AvgIpc) is 3.75. The fourth-order valence-corrected chi connectivity index (χ4v) is 7.79. The van der Waals surface area contributed by atoms with Gasteiger partial charge in [-0.15, -0.1) is 0 Å². The lowest BCUT2D eigenvalue weighted by atomic mass is 9.89. The van der Waals surface area contributed by atoms with Crippen molar-refractivity contribution >= 4 is 33.7 Å². The second kappa shape index (κ2) is 16.8. The van der Waals surface area contributed by atoms with Gasteiger partial charge in [0.15, 0.2) is 5.58 Å². The van der Waals surface area contributed by atoms with Crippen LogP contribution in [0.1, 0.15) is 12.5 Å². The summed E-state index contributed by atoms with van der Waals surface area (Å²) in [4.78, 5) is 7.02. The van der Waals surface area contributed by atoms with Crippen molar-refractivity contribution in [2.45, 2.75) is 6.92 Å². The number of nitrogens with zero attached hydrogens (tertiary/aromatic N) is 2. The van der Waals surface area contributed by atoms with Crippen molar-refractivity contribution < 1.29 is 4.42 Å². The van der Waals surface area contributed by atoms with E-state index in [1.807, 2.05) is 43.3 Å². The zero-order valence-electron chi connectivity index (χ0n) is 32.9. The summed E-state index contributed by atoms with van der Waals surface area (Å²) in [5.74, 6) is 0.625. The molecule has 1 heterocycles. The van der Waals surface area contributed by atoms with Crippen LogP contribution in [0, 0.1) is 0 Å². The van der Waals surface area contributed by atoms with E-state index in [9.17, 15) is 0 Å². The van der Waals surface area contributed by atoms with Gasteiger partial charge in [-0.05, 0) is 123 Å². The molecule has 8 aromatic carbocycles. The molecular formula is C56H42N2O. The molecule has 3 nitrogen and oxygen atoms in total. The molecule has 59 heavy (non-hydrogen) atoms. The number of allylic oxidation sites excluding steroid dienone is 5. The molecule has 3 heteroatoms. The summed E-state index contributed by atoms with van der Waals surface area (Å²) < 4.78 is 6.06. The van der Waals surface area contributed by atoms with Crippen LogP contribution in [0.4, 0.5) is 17.1 Å². The third-order valence-corrected chi connectivity index (χ3v) is 10.7. The lowest BCUT2D eigenvalue weighted by Gasteiger charge is -2.26.